The van der Waals surface area contributed by atoms with Crippen LogP contribution in [0.25, 0.3) is 0 Å². The summed E-state index contributed by atoms with van der Waals surface area (Å²) in [7, 11) is 0. The maximum atomic E-state index is 1.59. The number of hydrogen-bond acceptors (Lipinski definition) is 0. The van der Waals surface area contributed by atoms with Gasteiger partial charge in [-0.1, -0.05) is 70.6 Å². The van der Waals surface area contributed by atoms with Crippen molar-refractivity contribution in [2.24, 2.45) is 10.8 Å². The van der Waals surface area contributed by atoms with Gasteiger partial charge >= 0.3 is 0 Å². The summed E-state index contributed by atoms with van der Waals surface area (Å²) in [4.78, 5) is 0. The summed E-state index contributed by atoms with van der Waals surface area (Å²) in [5.74, 6) is 0. The van der Waals surface area contributed by atoms with Gasteiger partial charge in [-0.3, -0.25) is 0 Å². The van der Waals surface area contributed by atoms with Gasteiger partial charge in [0.05, 0.1) is 0 Å². The molecule has 110 valence electrons. The molecule has 0 unspecified atom stereocenters. The van der Waals surface area contributed by atoms with Crippen molar-refractivity contribution in [1.82, 2.24) is 0 Å². The monoisotopic (exact) mass is 262 g/mol. The first kappa shape index (κ1) is 14.0. The van der Waals surface area contributed by atoms with E-state index >= 15 is 0 Å². The van der Waals surface area contributed by atoms with Crippen LogP contribution in [0.15, 0.2) is 0 Å². The first-order chi connectivity index (χ1) is 9.37. The van der Waals surface area contributed by atoms with Gasteiger partial charge in [0.1, 0.15) is 0 Å². The van der Waals surface area contributed by atoms with Gasteiger partial charge in [0.15, 0.2) is 0 Å². The Labute approximate surface area is 120 Å². The lowest BCUT2D eigenvalue weighted by atomic mass is 9.78. The standard InChI is InChI=1S/C19H34/c1-2-4-6-8-10-12-18(14-15-18)19(16-17-19)13-11-9-7-5-3-1/h1-17H2. The Hall–Kier alpha value is 0. The predicted molar refractivity (Wildman–Crippen MR) is 83.4 cm³/mol. The van der Waals surface area contributed by atoms with E-state index in [1.54, 1.807) is 51.4 Å². The molecule has 3 aliphatic rings. The van der Waals surface area contributed by atoms with Crippen LogP contribution in [0.1, 0.15) is 109 Å². The molecule has 0 aromatic rings. The van der Waals surface area contributed by atoms with E-state index in [0.717, 1.165) is 10.8 Å². The van der Waals surface area contributed by atoms with E-state index in [0.29, 0.717) is 0 Å². The molecule has 0 saturated heterocycles. The summed E-state index contributed by atoms with van der Waals surface area (Å²) in [6, 6.07) is 0. The fourth-order valence-electron chi connectivity index (χ4n) is 4.91. The lowest BCUT2D eigenvalue weighted by Gasteiger charge is -2.27. The number of rotatable bonds is 0. The molecular formula is C19H34. The maximum absolute atomic E-state index is 1.59. The molecule has 19 heavy (non-hydrogen) atoms. The Morgan fingerprint density at radius 3 is 0.789 bits per heavy atom. The highest BCUT2D eigenvalue weighted by atomic mass is 14.7. The van der Waals surface area contributed by atoms with E-state index in [1.165, 1.54) is 57.8 Å². The van der Waals surface area contributed by atoms with Gasteiger partial charge in [-0.2, -0.15) is 0 Å². The third-order valence-corrected chi connectivity index (χ3v) is 6.64. The predicted octanol–water partition coefficient (Wildman–Crippen LogP) is 6.63. The minimum absolute atomic E-state index is 0.868. The highest BCUT2D eigenvalue weighted by Crippen LogP contribution is 2.74. The average Bonchev–Trinajstić information content (AvgIpc) is 3.29. The van der Waals surface area contributed by atoms with Crippen LogP contribution in [-0.4, -0.2) is 0 Å². The van der Waals surface area contributed by atoms with Crippen molar-refractivity contribution in [3.63, 3.8) is 0 Å². The summed E-state index contributed by atoms with van der Waals surface area (Å²) in [5, 5.41) is 0. The second-order valence-electron chi connectivity index (χ2n) is 7.95. The summed E-state index contributed by atoms with van der Waals surface area (Å²) in [5.41, 5.74) is 1.74. The molecule has 0 heteroatoms. The van der Waals surface area contributed by atoms with Gasteiger partial charge < -0.3 is 0 Å². The molecule has 0 aliphatic heterocycles. The Balaban J connectivity index is 1.50. The number of fused-ring (bicyclic) bond motifs is 1. The Morgan fingerprint density at radius 1 is 0.263 bits per heavy atom. The normalized spacial score (nSPS) is 31.6. The van der Waals surface area contributed by atoms with E-state index in [1.807, 2.05) is 0 Å². The SMILES string of the molecule is C1CCCCCCC2(CC2)C2(CCCCCC1)CC2. The molecule has 0 radical (unpaired) electrons. The molecule has 2 spiro atoms. The van der Waals surface area contributed by atoms with E-state index < -0.39 is 0 Å². The summed E-state index contributed by atoms with van der Waals surface area (Å²) in [6.07, 6.45) is 26.3. The highest BCUT2D eigenvalue weighted by molar-refractivity contribution is 5.13. The quantitative estimate of drug-likeness (QED) is 0.459. The fourth-order valence-corrected chi connectivity index (χ4v) is 4.91. The lowest BCUT2D eigenvalue weighted by molar-refractivity contribution is 0.229. The third-order valence-electron chi connectivity index (χ3n) is 6.64. The summed E-state index contributed by atoms with van der Waals surface area (Å²) >= 11 is 0. The van der Waals surface area contributed by atoms with Crippen LogP contribution in [-0.2, 0) is 0 Å². The molecule has 3 fully saturated rings. The minimum atomic E-state index is 0.868. The van der Waals surface area contributed by atoms with Gasteiger partial charge in [-0.15, -0.1) is 0 Å². The molecule has 0 heterocycles. The third kappa shape index (κ3) is 3.37. The van der Waals surface area contributed by atoms with Crippen molar-refractivity contribution in [3.05, 3.63) is 0 Å². The Kier molecular flexibility index (Phi) is 4.54. The Morgan fingerprint density at radius 2 is 0.526 bits per heavy atom. The molecule has 0 bridgehead atoms. The fraction of sp³-hybridized carbons (Fsp3) is 1.00. The Bertz CT molecular complexity index is 242. The first-order valence-electron chi connectivity index (χ1n) is 9.37. The van der Waals surface area contributed by atoms with Crippen molar-refractivity contribution < 1.29 is 0 Å². The van der Waals surface area contributed by atoms with Gasteiger partial charge in [0, 0.05) is 0 Å². The zero-order valence-electron chi connectivity index (χ0n) is 13.0. The lowest BCUT2D eigenvalue weighted by Crippen LogP contribution is -2.17. The molecular weight excluding hydrogens is 228 g/mol. The first-order valence-corrected chi connectivity index (χ1v) is 9.37. The molecule has 0 atom stereocenters. The number of hydrogen-bond donors (Lipinski definition) is 0. The molecule has 3 saturated carbocycles. The largest absolute Gasteiger partial charge is 0.0533 e. The molecule has 3 rings (SSSR count). The van der Waals surface area contributed by atoms with Gasteiger partial charge in [0.25, 0.3) is 0 Å². The zero-order chi connectivity index (χ0) is 13.0. The highest BCUT2D eigenvalue weighted by Gasteiger charge is 2.63. The van der Waals surface area contributed by atoms with E-state index in [9.17, 15) is 0 Å². The van der Waals surface area contributed by atoms with E-state index in [-0.39, 0.29) is 0 Å². The zero-order valence-corrected chi connectivity index (χ0v) is 13.0. The van der Waals surface area contributed by atoms with Crippen molar-refractivity contribution >= 4 is 0 Å². The van der Waals surface area contributed by atoms with Crippen molar-refractivity contribution in [2.45, 2.75) is 109 Å². The summed E-state index contributed by atoms with van der Waals surface area (Å²) < 4.78 is 0. The van der Waals surface area contributed by atoms with Crippen molar-refractivity contribution in [2.75, 3.05) is 0 Å². The van der Waals surface area contributed by atoms with Gasteiger partial charge in [-0.05, 0) is 49.4 Å². The molecule has 0 aromatic carbocycles. The van der Waals surface area contributed by atoms with Crippen LogP contribution in [0, 0.1) is 10.8 Å². The van der Waals surface area contributed by atoms with Crippen molar-refractivity contribution in [1.29, 1.82) is 0 Å². The minimum Gasteiger partial charge on any atom is -0.0533 e. The smallest absolute Gasteiger partial charge is 0.0241 e. The van der Waals surface area contributed by atoms with Crippen LogP contribution in [0.2, 0.25) is 0 Å². The topological polar surface area (TPSA) is 0 Å². The van der Waals surface area contributed by atoms with Crippen LogP contribution in [0.4, 0.5) is 0 Å². The maximum Gasteiger partial charge on any atom is -0.0241 e. The molecule has 3 aliphatic carbocycles. The van der Waals surface area contributed by atoms with Crippen LogP contribution in [0.3, 0.4) is 0 Å². The van der Waals surface area contributed by atoms with Crippen molar-refractivity contribution in [3.8, 4) is 0 Å². The van der Waals surface area contributed by atoms with Crippen LogP contribution in [0.5, 0.6) is 0 Å². The van der Waals surface area contributed by atoms with Gasteiger partial charge in [0.2, 0.25) is 0 Å². The second-order valence-corrected chi connectivity index (χ2v) is 7.95. The molecule has 0 amide bonds. The van der Waals surface area contributed by atoms with E-state index in [2.05, 4.69) is 0 Å². The van der Waals surface area contributed by atoms with Crippen LogP contribution < -0.4 is 0 Å². The molecule has 0 N–H and O–H groups in total. The summed E-state index contributed by atoms with van der Waals surface area (Å²) in [6.45, 7) is 0. The van der Waals surface area contributed by atoms with E-state index in [4.69, 9.17) is 0 Å². The second kappa shape index (κ2) is 6.19. The van der Waals surface area contributed by atoms with Crippen LogP contribution >= 0.6 is 0 Å². The average molecular weight is 262 g/mol. The van der Waals surface area contributed by atoms with Gasteiger partial charge in [-0.25, -0.2) is 0 Å². The molecule has 0 aromatic heterocycles. The molecule has 0 nitrogen and oxygen atoms in total.